The maximum atomic E-state index is 3.43. The summed E-state index contributed by atoms with van der Waals surface area (Å²) in [7, 11) is 3.39. The van der Waals surface area contributed by atoms with Gasteiger partial charge in [-0.3, -0.25) is 0 Å². The number of nitrogens with one attached hydrogen (secondary N) is 1. The Balaban J connectivity index is 1.58. The Bertz CT molecular complexity index is 705. The molecular formula is C20H20N2S2. The van der Waals surface area contributed by atoms with Crippen molar-refractivity contribution in [2.24, 2.45) is 0 Å². The molecule has 0 saturated carbocycles. The molecule has 0 radical (unpaired) electrons. The quantitative estimate of drug-likeness (QED) is 0.318. The summed E-state index contributed by atoms with van der Waals surface area (Å²) in [4.78, 5) is 0. The molecule has 0 aliphatic carbocycles. The van der Waals surface area contributed by atoms with Crippen LogP contribution in [0.3, 0.4) is 0 Å². The maximum absolute atomic E-state index is 3.43. The minimum Gasteiger partial charge on any atom is -0.302 e. The zero-order valence-corrected chi connectivity index (χ0v) is 15.0. The minimum absolute atomic E-state index is 0.854. The summed E-state index contributed by atoms with van der Waals surface area (Å²) < 4.78 is 5.73. The van der Waals surface area contributed by atoms with Crippen molar-refractivity contribution in [1.82, 2.24) is 4.72 Å². The van der Waals surface area contributed by atoms with E-state index in [9.17, 15) is 0 Å². The van der Waals surface area contributed by atoms with Gasteiger partial charge in [0.05, 0.1) is 6.54 Å². The molecule has 0 unspecified atom stereocenters. The second-order valence-corrected chi connectivity index (χ2v) is 7.31. The number of anilines is 1. The number of hydrogen-bond acceptors (Lipinski definition) is 4. The van der Waals surface area contributed by atoms with Crippen LogP contribution in [0.25, 0.3) is 0 Å². The lowest BCUT2D eigenvalue weighted by molar-refractivity contribution is 0.983. The Kier molecular flexibility index (Phi) is 6.66. The lowest BCUT2D eigenvalue weighted by Gasteiger charge is -2.22. The molecule has 0 bridgehead atoms. The topological polar surface area (TPSA) is 15.3 Å². The molecule has 0 aliphatic rings. The van der Waals surface area contributed by atoms with E-state index in [0.29, 0.717) is 0 Å². The monoisotopic (exact) mass is 352 g/mol. The van der Waals surface area contributed by atoms with Gasteiger partial charge < -0.3 is 4.31 Å². The van der Waals surface area contributed by atoms with Gasteiger partial charge in [0.25, 0.3) is 0 Å². The van der Waals surface area contributed by atoms with Crippen molar-refractivity contribution in [2.75, 3.05) is 4.31 Å². The molecule has 0 aliphatic heterocycles. The summed E-state index contributed by atoms with van der Waals surface area (Å²) in [5.74, 6) is 0. The predicted molar refractivity (Wildman–Crippen MR) is 108 cm³/mol. The molecule has 0 atom stereocenters. The van der Waals surface area contributed by atoms with Crippen LogP contribution in [0.1, 0.15) is 11.1 Å². The van der Waals surface area contributed by atoms with Crippen molar-refractivity contribution in [3.63, 3.8) is 0 Å². The van der Waals surface area contributed by atoms with Gasteiger partial charge >= 0.3 is 0 Å². The molecule has 0 aromatic heterocycles. The van der Waals surface area contributed by atoms with Crippen LogP contribution < -0.4 is 9.03 Å². The number of benzene rings is 3. The molecule has 0 saturated heterocycles. The van der Waals surface area contributed by atoms with E-state index in [0.717, 1.165) is 13.1 Å². The van der Waals surface area contributed by atoms with E-state index in [1.54, 1.807) is 22.0 Å². The van der Waals surface area contributed by atoms with Crippen LogP contribution in [0.4, 0.5) is 5.69 Å². The van der Waals surface area contributed by atoms with Gasteiger partial charge in [0.2, 0.25) is 0 Å². The largest absolute Gasteiger partial charge is 0.302 e. The van der Waals surface area contributed by atoms with Gasteiger partial charge in [0.1, 0.15) is 0 Å². The Morgan fingerprint density at radius 3 is 1.83 bits per heavy atom. The first kappa shape index (κ1) is 17.0. The normalized spacial score (nSPS) is 10.5. The molecule has 0 heterocycles. The van der Waals surface area contributed by atoms with Crippen LogP contribution >= 0.6 is 22.0 Å². The highest BCUT2D eigenvalue weighted by Gasteiger charge is 2.08. The zero-order valence-electron chi connectivity index (χ0n) is 13.3. The van der Waals surface area contributed by atoms with Crippen LogP contribution in [-0.2, 0) is 13.1 Å². The van der Waals surface area contributed by atoms with Gasteiger partial charge in [-0.05, 0) is 23.3 Å². The van der Waals surface area contributed by atoms with Crippen molar-refractivity contribution in [3.05, 3.63) is 102 Å². The van der Waals surface area contributed by atoms with Gasteiger partial charge in [0.15, 0.2) is 0 Å². The van der Waals surface area contributed by atoms with Gasteiger partial charge in [-0.1, -0.05) is 78.9 Å². The maximum Gasteiger partial charge on any atom is 0.0554 e. The standard InChI is InChI=1S/C20H20N2S2/c1-4-10-18(11-5-1)16-21-23-24-22(20-14-8-3-9-15-20)17-19-12-6-2-7-13-19/h1-15,21H,16-17H2. The second kappa shape index (κ2) is 9.42. The number of nitrogens with zero attached hydrogens (tertiary/aromatic N) is 1. The molecule has 0 spiro atoms. The third kappa shape index (κ3) is 5.34. The smallest absolute Gasteiger partial charge is 0.0554 e. The number of hydrogen-bond donors (Lipinski definition) is 1. The average molecular weight is 353 g/mol. The van der Waals surface area contributed by atoms with Crippen molar-refractivity contribution in [2.45, 2.75) is 13.1 Å². The van der Waals surface area contributed by atoms with Gasteiger partial charge in [-0.15, -0.1) is 0 Å². The van der Waals surface area contributed by atoms with Crippen LogP contribution in [0.5, 0.6) is 0 Å². The first-order valence-electron chi connectivity index (χ1n) is 7.89. The second-order valence-electron chi connectivity index (χ2n) is 5.32. The first-order chi connectivity index (χ1) is 11.9. The summed E-state index contributed by atoms with van der Waals surface area (Å²) in [6.45, 7) is 1.72. The van der Waals surface area contributed by atoms with E-state index in [2.05, 4.69) is 94.0 Å². The predicted octanol–water partition coefficient (Wildman–Crippen LogP) is 5.69. The third-order valence-electron chi connectivity index (χ3n) is 3.52. The van der Waals surface area contributed by atoms with E-state index in [-0.39, 0.29) is 0 Å². The van der Waals surface area contributed by atoms with Crippen molar-refractivity contribution < 1.29 is 0 Å². The zero-order chi connectivity index (χ0) is 16.5. The summed E-state index contributed by atoms with van der Waals surface area (Å²) >= 11 is 0. The van der Waals surface area contributed by atoms with Gasteiger partial charge in [0, 0.05) is 34.2 Å². The number of rotatable bonds is 8. The Morgan fingerprint density at radius 2 is 1.21 bits per heavy atom. The van der Waals surface area contributed by atoms with E-state index in [1.807, 2.05) is 6.07 Å². The number of para-hydroxylation sites is 1. The molecule has 24 heavy (non-hydrogen) atoms. The third-order valence-corrected chi connectivity index (χ3v) is 5.49. The van der Waals surface area contributed by atoms with E-state index in [4.69, 9.17) is 0 Å². The highest BCUT2D eigenvalue weighted by atomic mass is 33.1. The molecule has 3 aromatic carbocycles. The van der Waals surface area contributed by atoms with Gasteiger partial charge in [-0.25, -0.2) is 4.72 Å². The highest BCUT2D eigenvalue weighted by Crippen LogP contribution is 2.31. The Labute approximate surface area is 152 Å². The fourth-order valence-electron chi connectivity index (χ4n) is 2.28. The van der Waals surface area contributed by atoms with Crippen LogP contribution in [0.15, 0.2) is 91.0 Å². The molecule has 0 amide bonds. The molecular weight excluding hydrogens is 332 g/mol. The van der Waals surface area contributed by atoms with Crippen molar-refractivity contribution in [3.8, 4) is 0 Å². The fourth-order valence-corrected chi connectivity index (χ4v) is 4.08. The van der Waals surface area contributed by atoms with Gasteiger partial charge in [-0.2, -0.15) is 0 Å². The summed E-state index contributed by atoms with van der Waals surface area (Å²) in [6.07, 6.45) is 0. The Morgan fingerprint density at radius 1 is 0.667 bits per heavy atom. The van der Waals surface area contributed by atoms with Crippen molar-refractivity contribution in [1.29, 1.82) is 0 Å². The molecule has 1 N–H and O–H groups in total. The molecule has 2 nitrogen and oxygen atoms in total. The summed E-state index contributed by atoms with van der Waals surface area (Å²) in [5.41, 5.74) is 3.80. The molecule has 0 fully saturated rings. The fraction of sp³-hybridized carbons (Fsp3) is 0.100. The van der Waals surface area contributed by atoms with Crippen LogP contribution in [0.2, 0.25) is 0 Å². The molecule has 3 rings (SSSR count). The van der Waals surface area contributed by atoms with E-state index in [1.165, 1.54) is 16.8 Å². The molecule has 4 heteroatoms. The van der Waals surface area contributed by atoms with Crippen molar-refractivity contribution >= 4 is 27.6 Å². The van der Waals surface area contributed by atoms with Crippen LogP contribution in [0, 0.1) is 0 Å². The lowest BCUT2D eigenvalue weighted by Crippen LogP contribution is -2.14. The van der Waals surface area contributed by atoms with E-state index < -0.39 is 0 Å². The SMILES string of the molecule is c1ccc(CNSSN(Cc2ccccc2)c2ccccc2)cc1. The Hall–Kier alpha value is -1.88. The van der Waals surface area contributed by atoms with Crippen LogP contribution in [-0.4, -0.2) is 0 Å². The summed E-state index contributed by atoms with van der Waals surface area (Å²) in [5, 5.41) is 0. The van der Waals surface area contributed by atoms with E-state index >= 15 is 0 Å². The lowest BCUT2D eigenvalue weighted by atomic mass is 10.2. The minimum atomic E-state index is 0.854. The average Bonchev–Trinajstić information content (AvgIpc) is 2.66. The molecule has 122 valence electrons. The summed E-state index contributed by atoms with van der Waals surface area (Å²) in [6, 6.07) is 31.5. The highest BCUT2D eigenvalue weighted by molar-refractivity contribution is 8.76. The molecule has 3 aromatic rings. The first-order valence-corrected chi connectivity index (χ1v) is 9.99.